The highest BCUT2D eigenvalue weighted by molar-refractivity contribution is 6.29. The van der Waals surface area contributed by atoms with Gasteiger partial charge in [0, 0.05) is 19.6 Å². The Morgan fingerprint density at radius 3 is 2.58 bits per heavy atom. The molecule has 0 spiro atoms. The van der Waals surface area contributed by atoms with Crippen molar-refractivity contribution in [2.24, 2.45) is 0 Å². The molecule has 2 saturated heterocycles. The molecule has 0 aliphatic carbocycles. The lowest BCUT2D eigenvalue weighted by Gasteiger charge is -2.37. The summed E-state index contributed by atoms with van der Waals surface area (Å²) in [6, 6.07) is 3.97. The number of rotatable bonds is 2. The van der Waals surface area contributed by atoms with Crippen LogP contribution in [0.15, 0.2) is 12.1 Å². The van der Waals surface area contributed by atoms with Crippen molar-refractivity contribution in [3.63, 3.8) is 0 Å². The smallest absolute Gasteiger partial charge is 0.229 e. The average Bonchev–Trinajstić information content (AvgIpc) is 2.60. The van der Waals surface area contributed by atoms with E-state index in [1.165, 1.54) is 0 Å². The van der Waals surface area contributed by atoms with Crippen molar-refractivity contribution < 1.29 is 9.47 Å². The summed E-state index contributed by atoms with van der Waals surface area (Å²) in [4.78, 5) is 18.6. The first-order chi connectivity index (χ1) is 12.5. The van der Waals surface area contributed by atoms with E-state index in [9.17, 15) is 0 Å². The molecule has 0 saturated carbocycles. The van der Waals surface area contributed by atoms with E-state index >= 15 is 0 Å². The molecular formula is C18H24ClN5O2. The summed E-state index contributed by atoms with van der Waals surface area (Å²) < 4.78 is 11.4. The molecule has 7 nitrogen and oxygen atoms in total. The molecule has 4 rings (SSSR count). The third-order valence-corrected chi connectivity index (χ3v) is 5.05. The molecule has 8 heteroatoms. The molecule has 2 aliphatic rings. The van der Waals surface area contributed by atoms with Crippen molar-refractivity contribution in [1.29, 1.82) is 0 Å². The Morgan fingerprint density at radius 2 is 1.85 bits per heavy atom. The van der Waals surface area contributed by atoms with Crippen molar-refractivity contribution in [2.75, 3.05) is 42.6 Å². The first kappa shape index (κ1) is 17.7. The van der Waals surface area contributed by atoms with E-state index in [-0.39, 0.29) is 18.2 Å². The molecule has 0 N–H and O–H groups in total. The van der Waals surface area contributed by atoms with E-state index in [1.54, 1.807) is 6.07 Å². The van der Waals surface area contributed by atoms with Gasteiger partial charge in [-0.2, -0.15) is 9.97 Å². The van der Waals surface area contributed by atoms with Crippen LogP contribution in [0.2, 0.25) is 5.15 Å². The monoisotopic (exact) mass is 377 g/mol. The minimum absolute atomic E-state index is 0.148. The average molecular weight is 378 g/mol. The molecular weight excluding hydrogens is 354 g/mol. The van der Waals surface area contributed by atoms with Crippen molar-refractivity contribution >= 4 is 34.4 Å². The van der Waals surface area contributed by atoms with E-state index in [0.29, 0.717) is 30.0 Å². The number of morpholine rings is 2. The summed E-state index contributed by atoms with van der Waals surface area (Å²) in [5, 5.41) is 1.35. The highest BCUT2D eigenvalue weighted by atomic mass is 35.5. The maximum atomic E-state index is 6.13. The van der Waals surface area contributed by atoms with Crippen LogP contribution >= 0.6 is 11.6 Å². The van der Waals surface area contributed by atoms with Gasteiger partial charge in [-0.25, -0.2) is 4.98 Å². The number of pyridine rings is 1. The zero-order valence-electron chi connectivity index (χ0n) is 15.4. The second-order valence-electron chi connectivity index (χ2n) is 7.13. The first-order valence-electron chi connectivity index (χ1n) is 9.10. The molecule has 0 bridgehead atoms. The fourth-order valence-electron chi connectivity index (χ4n) is 3.70. The van der Waals surface area contributed by atoms with E-state index in [0.717, 1.165) is 30.8 Å². The third kappa shape index (κ3) is 3.43. The predicted molar refractivity (Wildman–Crippen MR) is 102 cm³/mol. The van der Waals surface area contributed by atoms with Gasteiger partial charge >= 0.3 is 0 Å². The van der Waals surface area contributed by atoms with E-state index in [4.69, 9.17) is 31.0 Å². The Balaban J connectivity index is 1.81. The van der Waals surface area contributed by atoms with Gasteiger partial charge in [-0.3, -0.25) is 0 Å². The molecule has 0 amide bonds. The quantitative estimate of drug-likeness (QED) is 0.745. The number of anilines is 2. The fourth-order valence-corrected chi connectivity index (χ4v) is 3.85. The van der Waals surface area contributed by atoms with Gasteiger partial charge in [-0.05, 0) is 32.9 Å². The largest absolute Gasteiger partial charge is 0.377 e. The summed E-state index contributed by atoms with van der Waals surface area (Å²) in [5.41, 5.74) is 0.628. The Kier molecular flexibility index (Phi) is 4.86. The Labute approximate surface area is 158 Å². The Bertz CT molecular complexity index is 794. The van der Waals surface area contributed by atoms with Crippen LogP contribution in [0.3, 0.4) is 0 Å². The number of ether oxygens (including phenoxy) is 2. The molecule has 0 unspecified atom stereocenters. The lowest BCUT2D eigenvalue weighted by Crippen LogP contribution is -2.47. The molecule has 2 aromatic rings. The SMILES string of the molecule is C[C@@H]1CN(c2nc(N3CCOC[C@@H]3C)nc3nc(Cl)ccc23)C[C@H](C)O1. The highest BCUT2D eigenvalue weighted by Gasteiger charge is 2.28. The van der Waals surface area contributed by atoms with Gasteiger partial charge in [0.05, 0.1) is 36.8 Å². The van der Waals surface area contributed by atoms with Gasteiger partial charge in [0.25, 0.3) is 0 Å². The van der Waals surface area contributed by atoms with Gasteiger partial charge in [0.15, 0.2) is 5.65 Å². The molecule has 0 aromatic carbocycles. The van der Waals surface area contributed by atoms with Crippen molar-refractivity contribution in [3.05, 3.63) is 17.3 Å². The Morgan fingerprint density at radius 1 is 1.08 bits per heavy atom. The number of aromatic nitrogens is 3. The van der Waals surface area contributed by atoms with Crippen molar-refractivity contribution in [1.82, 2.24) is 15.0 Å². The van der Waals surface area contributed by atoms with Gasteiger partial charge in [0.1, 0.15) is 11.0 Å². The van der Waals surface area contributed by atoms with E-state index in [1.807, 2.05) is 6.07 Å². The number of nitrogens with zero attached hydrogens (tertiary/aromatic N) is 5. The normalized spacial score (nSPS) is 27.2. The van der Waals surface area contributed by atoms with Crippen molar-refractivity contribution in [3.8, 4) is 0 Å². The summed E-state index contributed by atoms with van der Waals surface area (Å²) in [6.07, 6.45) is 0.296. The molecule has 2 aromatic heterocycles. The topological polar surface area (TPSA) is 63.6 Å². The zero-order valence-corrected chi connectivity index (χ0v) is 16.1. The predicted octanol–water partition coefficient (Wildman–Crippen LogP) is 2.52. The van der Waals surface area contributed by atoms with Gasteiger partial charge in [-0.15, -0.1) is 0 Å². The second-order valence-corrected chi connectivity index (χ2v) is 7.52. The minimum atomic E-state index is 0.148. The molecule has 140 valence electrons. The highest BCUT2D eigenvalue weighted by Crippen LogP contribution is 2.30. The number of hydrogen-bond donors (Lipinski definition) is 0. The van der Waals surface area contributed by atoms with E-state index < -0.39 is 0 Å². The van der Waals surface area contributed by atoms with Crippen LogP contribution in [0, 0.1) is 0 Å². The summed E-state index contributed by atoms with van der Waals surface area (Å²) in [6.45, 7) is 9.99. The maximum absolute atomic E-state index is 6.13. The van der Waals surface area contributed by atoms with Gasteiger partial charge < -0.3 is 19.3 Å². The molecule has 2 fully saturated rings. The van der Waals surface area contributed by atoms with Crippen LogP contribution in [0.5, 0.6) is 0 Å². The fraction of sp³-hybridized carbons (Fsp3) is 0.611. The summed E-state index contributed by atoms with van der Waals surface area (Å²) in [5.74, 6) is 1.58. The van der Waals surface area contributed by atoms with Crippen LogP contribution in [-0.4, -0.2) is 66.0 Å². The third-order valence-electron chi connectivity index (χ3n) is 4.84. The zero-order chi connectivity index (χ0) is 18.3. The van der Waals surface area contributed by atoms with E-state index in [2.05, 4.69) is 35.6 Å². The second kappa shape index (κ2) is 7.13. The van der Waals surface area contributed by atoms with Crippen LogP contribution in [-0.2, 0) is 9.47 Å². The first-order valence-corrected chi connectivity index (χ1v) is 9.48. The standard InChI is InChI=1S/C18H24ClN5O2/c1-11-10-25-7-6-24(11)18-21-16-14(4-5-15(19)20-16)17(22-18)23-8-12(2)26-13(3)9-23/h4-5,11-13H,6-10H2,1-3H3/t11-,12-,13+/m0/s1. The minimum Gasteiger partial charge on any atom is -0.377 e. The lowest BCUT2D eigenvalue weighted by atomic mass is 10.2. The summed E-state index contributed by atoms with van der Waals surface area (Å²) in [7, 11) is 0. The Hall–Kier alpha value is -1.70. The molecule has 26 heavy (non-hydrogen) atoms. The molecule has 4 heterocycles. The lowest BCUT2D eigenvalue weighted by molar-refractivity contribution is -0.00537. The van der Waals surface area contributed by atoms with Crippen LogP contribution in [0.1, 0.15) is 20.8 Å². The number of fused-ring (bicyclic) bond motifs is 1. The van der Waals surface area contributed by atoms with Gasteiger partial charge in [0.2, 0.25) is 5.95 Å². The van der Waals surface area contributed by atoms with Crippen molar-refractivity contribution in [2.45, 2.75) is 39.0 Å². The molecule has 0 radical (unpaired) electrons. The van der Waals surface area contributed by atoms with Gasteiger partial charge in [-0.1, -0.05) is 11.6 Å². The summed E-state index contributed by atoms with van der Waals surface area (Å²) >= 11 is 6.13. The molecule has 3 atom stereocenters. The number of hydrogen-bond acceptors (Lipinski definition) is 7. The molecule has 2 aliphatic heterocycles. The van der Waals surface area contributed by atoms with Crippen LogP contribution in [0.25, 0.3) is 11.0 Å². The maximum Gasteiger partial charge on any atom is 0.229 e. The van der Waals surface area contributed by atoms with Crippen LogP contribution < -0.4 is 9.80 Å². The number of halogens is 1. The van der Waals surface area contributed by atoms with Crippen LogP contribution in [0.4, 0.5) is 11.8 Å².